The molecular formula is C9H7O. The van der Waals surface area contributed by atoms with Crippen LogP contribution < -0.4 is 0 Å². The molecule has 10 heavy (non-hydrogen) atoms. The van der Waals surface area contributed by atoms with Gasteiger partial charge in [-0.15, -0.1) is 0 Å². The Bertz CT molecular complexity index is 346. The summed E-state index contributed by atoms with van der Waals surface area (Å²) in [5.41, 5.74) is 1.86. The molecule has 0 aliphatic heterocycles. The van der Waals surface area contributed by atoms with Crippen LogP contribution >= 0.6 is 0 Å². The molecule has 1 nitrogen and oxygen atoms in total. The highest BCUT2D eigenvalue weighted by molar-refractivity contribution is 5.81. The molecule has 0 saturated carbocycles. The van der Waals surface area contributed by atoms with Gasteiger partial charge in [0.1, 0.15) is 5.58 Å². The Labute approximate surface area is 59.3 Å². The van der Waals surface area contributed by atoms with Crippen LogP contribution in [0, 0.1) is 6.92 Å². The molecule has 2 rings (SSSR count). The van der Waals surface area contributed by atoms with Crippen molar-refractivity contribution in [2.45, 2.75) is 0 Å². The second-order valence-corrected chi connectivity index (χ2v) is 2.26. The third-order valence-corrected chi connectivity index (χ3v) is 1.56. The molecule has 0 bridgehead atoms. The summed E-state index contributed by atoms with van der Waals surface area (Å²) in [7, 11) is 0. The van der Waals surface area contributed by atoms with Crippen LogP contribution in [-0.2, 0) is 0 Å². The van der Waals surface area contributed by atoms with E-state index >= 15 is 0 Å². The van der Waals surface area contributed by atoms with E-state index in [1.807, 2.05) is 24.3 Å². The van der Waals surface area contributed by atoms with Crippen molar-refractivity contribution in [1.82, 2.24) is 0 Å². The van der Waals surface area contributed by atoms with Gasteiger partial charge in [0.15, 0.2) is 0 Å². The van der Waals surface area contributed by atoms with Gasteiger partial charge in [-0.05, 0) is 18.6 Å². The molecule has 0 aliphatic rings. The summed E-state index contributed by atoms with van der Waals surface area (Å²) < 4.78 is 5.19. The fourth-order valence-corrected chi connectivity index (χ4v) is 1.03. The summed E-state index contributed by atoms with van der Waals surface area (Å²) in [5, 5.41) is 1.10. The van der Waals surface area contributed by atoms with Crippen LogP contribution in [-0.4, -0.2) is 0 Å². The number of rotatable bonds is 0. The molecule has 0 fully saturated rings. The van der Waals surface area contributed by atoms with Gasteiger partial charge in [0.25, 0.3) is 0 Å². The predicted octanol–water partition coefficient (Wildman–Crippen LogP) is 2.61. The van der Waals surface area contributed by atoms with Crippen molar-refractivity contribution in [3.63, 3.8) is 0 Å². The van der Waals surface area contributed by atoms with Gasteiger partial charge in [0.2, 0.25) is 0 Å². The molecular weight excluding hydrogens is 124 g/mol. The average Bonchev–Trinajstić information content (AvgIpc) is 2.34. The number of hydrogen-bond acceptors (Lipinski definition) is 1. The largest absolute Gasteiger partial charge is 0.464 e. The zero-order valence-corrected chi connectivity index (χ0v) is 5.50. The van der Waals surface area contributed by atoms with Crippen molar-refractivity contribution < 1.29 is 4.42 Å². The third-order valence-electron chi connectivity index (χ3n) is 1.56. The van der Waals surface area contributed by atoms with E-state index < -0.39 is 0 Å². The molecule has 0 atom stereocenters. The summed E-state index contributed by atoms with van der Waals surface area (Å²) in [6, 6.07) is 7.86. The number of hydrogen-bond donors (Lipinski definition) is 0. The average molecular weight is 131 g/mol. The summed E-state index contributed by atoms with van der Waals surface area (Å²) in [6.45, 7) is 3.81. The molecule has 0 saturated heterocycles. The van der Waals surface area contributed by atoms with Crippen LogP contribution in [0.15, 0.2) is 34.9 Å². The lowest BCUT2D eigenvalue weighted by Crippen LogP contribution is -1.63. The molecule has 1 aromatic carbocycles. The van der Waals surface area contributed by atoms with E-state index in [0.717, 1.165) is 16.5 Å². The highest BCUT2D eigenvalue weighted by atomic mass is 16.3. The van der Waals surface area contributed by atoms with E-state index in [1.54, 1.807) is 6.26 Å². The van der Waals surface area contributed by atoms with Gasteiger partial charge in [-0.25, -0.2) is 0 Å². The molecule has 1 heteroatoms. The first kappa shape index (κ1) is 5.54. The van der Waals surface area contributed by atoms with Gasteiger partial charge < -0.3 is 4.42 Å². The van der Waals surface area contributed by atoms with Gasteiger partial charge in [-0.1, -0.05) is 18.2 Å². The van der Waals surface area contributed by atoms with Gasteiger partial charge in [-0.3, -0.25) is 0 Å². The fraction of sp³-hybridized carbons (Fsp3) is 0. The second-order valence-electron chi connectivity index (χ2n) is 2.26. The number of fused-ring (bicyclic) bond motifs is 1. The Balaban J connectivity index is 2.93. The van der Waals surface area contributed by atoms with E-state index in [1.165, 1.54) is 0 Å². The molecule has 0 amide bonds. The van der Waals surface area contributed by atoms with Gasteiger partial charge >= 0.3 is 0 Å². The lowest BCUT2D eigenvalue weighted by atomic mass is 10.2. The highest BCUT2D eigenvalue weighted by Crippen LogP contribution is 2.18. The van der Waals surface area contributed by atoms with E-state index in [-0.39, 0.29) is 0 Å². The van der Waals surface area contributed by atoms with Crippen molar-refractivity contribution in [1.29, 1.82) is 0 Å². The zero-order chi connectivity index (χ0) is 6.97. The smallest absolute Gasteiger partial charge is 0.134 e. The zero-order valence-electron chi connectivity index (χ0n) is 5.50. The normalized spacial score (nSPS) is 10.5. The standard InChI is InChI=1S/C9H7O/c1-7-6-10-9-5-3-2-4-8(7)9/h2-6H,1H2. The molecule has 0 unspecified atom stereocenters. The minimum atomic E-state index is 0.910. The summed E-state index contributed by atoms with van der Waals surface area (Å²) in [6.07, 6.45) is 1.67. The van der Waals surface area contributed by atoms with Crippen molar-refractivity contribution in [2.75, 3.05) is 0 Å². The SMILES string of the molecule is [CH2]c1coc2ccccc12. The lowest BCUT2D eigenvalue weighted by molar-refractivity contribution is 0.614. The van der Waals surface area contributed by atoms with Crippen molar-refractivity contribution in [3.05, 3.63) is 43.0 Å². The lowest BCUT2D eigenvalue weighted by Gasteiger charge is -1.84. The van der Waals surface area contributed by atoms with Gasteiger partial charge in [0.05, 0.1) is 6.26 Å². The predicted molar refractivity (Wildman–Crippen MR) is 40.7 cm³/mol. The van der Waals surface area contributed by atoms with Gasteiger partial charge in [0, 0.05) is 5.39 Å². The first-order valence-electron chi connectivity index (χ1n) is 3.16. The molecule has 1 aromatic heterocycles. The molecule has 49 valence electrons. The quantitative estimate of drug-likeness (QED) is 0.535. The van der Waals surface area contributed by atoms with Crippen LogP contribution in [0.25, 0.3) is 11.0 Å². The maximum absolute atomic E-state index is 5.19. The first-order valence-corrected chi connectivity index (χ1v) is 3.16. The Morgan fingerprint density at radius 1 is 1.20 bits per heavy atom. The first-order chi connectivity index (χ1) is 4.88. The Kier molecular flexibility index (Phi) is 1.04. The van der Waals surface area contributed by atoms with Crippen LogP contribution in [0.4, 0.5) is 0 Å². The third kappa shape index (κ3) is 0.637. The van der Waals surface area contributed by atoms with Crippen LogP contribution in [0.2, 0.25) is 0 Å². The van der Waals surface area contributed by atoms with Crippen molar-refractivity contribution >= 4 is 11.0 Å². The maximum Gasteiger partial charge on any atom is 0.134 e. The van der Waals surface area contributed by atoms with Crippen molar-refractivity contribution in [3.8, 4) is 0 Å². The second kappa shape index (κ2) is 1.87. The maximum atomic E-state index is 5.19. The Morgan fingerprint density at radius 3 is 2.80 bits per heavy atom. The van der Waals surface area contributed by atoms with E-state index in [4.69, 9.17) is 4.42 Å². The van der Waals surface area contributed by atoms with Crippen LogP contribution in [0.3, 0.4) is 0 Å². The van der Waals surface area contributed by atoms with Crippen molar-refractivity contribution in [2.24, 2.45) is 0 Å². The topological polar surface area (TPSA) is 13.1 Å². The molecule has 0 N–H and O–H groups in total. The van der Waals surface area contributed by atoms with Crippen LogP contribution in [0.5, 0.6) is 0 Å². The van der Waals surface area contributed by atoms with E-state index in [2.05, 4.69) is 6.92 Å². The molecule has 0 spiro atoms. The van der Waals surface area contributed by atoms with Crippen LogP contribution in [0.1, 0.15) is 5.56 Å². The minimum Gasteiger partial charge on any atom is -0.464 e. The number of para-hydroxylation sites is 1. The summed E-state index contributed by atoms with van der Waals surface area (Å²) in [5.74, 6) is 0. The monoisotopic (exact) mass is 131 g/mol. The summed E-state index contributed by atoms with van der Waals surface area (Å²) in [4.78, 5) is 0. The van der Waals surface area contributed by atoms with E-state index in [0.29, 0.717) is 0 Å². The molecule has 2 aromatic rings. The molecule has 1 radical (unpaired) electrons. The number of benzene rings is 1. The highest BCUT2D eigenvalue weighted by Gasteiger charge is 1.97. The Hall–Kier alpha value is -1.24. The Morgan fingerprint density at radius 2 is 2.00 bits per heavy atom. The minimum absolute atomic E-state index is 0.910. The van der Waals surface area contributed by atoms with E-state index in [9.17, 15) is 0 Å². The molecule has 0 aliphatic carbocycles. The molecule has 1 heterocycles. The summed E-state index contributed by atoms with van der Waals surface area (Å²) >= 11 is 0. The number of furan rings is 1. The fourth-order valence-electron chi connectivity index (χ4n) is 1.03. The van der Waals surface area contributed by atoms with Gasteiger partial charge in [-0.2, -0.15) is 0 Å².